The van der Waals surface area contributed by atoms with Gasteiger partial charge in [-0.15, -0.1) is 21.5 Å². The minimum Gasteiger partial charge on any atom is -0.278 e. The average molecular weight is 445 g/mol. The van der Waals surface area contributed by atoms with Crippen LogP contribution in [-0.4, -0.2) is 21.4 Å². The summed E-state index contributed by atoms with van der Waals surface area (Å²) in [6.07, 6.45) is 3.75. The Labute approximate surface area is 182 Å². The largest absolute Gasteiger partial charge is 0.278 e. The van der Waals surface area contributed by atoms with Crippen molar-refractivity contribution in [1.29, 1.82) is 0 Å². The van der Waals surface area contributed by atoms with Gasteiger partial charge in [-0.1, -0.05) is 42.4 Å². The normalized spacial score (nSPS) is 22.2. The van der Waals surface area contributed by atoms with E-state index in [1.807, 2.05) is 23.5 Å². The smallest absolute Gasteiger partial charge is 0.249 e. The maximum Gasteiger partial charge on any atom is 0.249 e. The van der Waals surface area contributed by atoms with Gasteiger partial charge in [0.2, 0.25) is 5.95 Å². The van der Waals surface area contributed by atoms with Crippen LogP contribution in [0.4, 0.5) is 5.95 Å². The quantitative estimate of drug-likeness (QED) is 0.588. The van der Waals surface area contributed by atoms with E-state index in [1.54, 1.807) is 17.3 Å². The molecule has 2 aromatic heterocycles. The van der Waals surface area contributed by atoms with Crippen LogP contribution in [0.2, 0.25) is 5.02 Å². The number of hydrogen-bond acceptors (Lipinski definition) is 7. The van der Waals surface area contributed by atoms with Gasteiger partial charge in [0.25, 0.3) is 0 Å². The predicted octanol–water partition coefficient (Wildman–Crippen LogP) is 4.28. The summed E-state index contributed by atoms with van der Waals surface area (Å²) in [7, 11) is 0. The number of anilines is 1. The molecule has 1 saturated heterocycles. The molecule has 0 amide bonds. The lowest BCUT2D eigenvalue weighted by atomic mass is 9.87. The van der Waals surface area contributed by atoms with Gasteiger partial charge in [0.1, 0.15) is 11.2 Å². The molecule has 150 valence electrons. The molecule has 0 bridgehead atoms. The van der Waals surface area contributed by atoms with E-state index in [-0.39, 0.29) is 6.17 Å². The van der Waals surface area contributed by atoms with Crippen molar-refractivity contribution in [3.05, 3.63) is 50.9 Å². The van der Waals surface area contributed by atoms with Gasteiger partial charge in [0.15, 0.2) is 5.16 Å². The standard InChI is InChI=1S/C20H21ClN6S2/c1-11-2-7-14-15(8-11)29-18-16(14)17-22-10-23-27(17)19-24-25-20(26(18)19)28-9-12-3-5-13(21)6-4-12/h3-6,11,17,22-23H,2,7-10H2,1H3/t11-,17?/m0/s1. The van der Waals surface area contributed by atoms with Crippen molar-refractivity contribution < 1.29 is 0 Å². The summed E-state index contributed by atoms with van der Waals surface area (Å²) in [6, 6.07) is 8.02. The highest BCUT2D eigenvalue weighted by atomic mass is 35.5. The first-order chi connectivity index (χ1) is 14.2. The molecule has 1 aromatic carbocycles. The number of rotatable bonds is 3. The average Bonchev–Trinajstić information content (AvgIpc) is 3.42. The second kappa shape index (κ2) is 6.99. The van der Waals surface area contributed by atoms with Crippen molar-refractivity contribution in [2.75, 3.05) is 11.7 Å². The Morgan fingerprint density at radius 2 is 2.14 bits per heavy atom. The Balaban J connectivity index is 1.41. The van der Waals surface area contributed by atoms with Gasteiger partial charge >= 0.3 is 0 Å². The number of benzene rings is 1. The van der Waals surface area contributed by atoms with Crippen LogP contribution in [0.1, 0.15) is 41.1 Å². The number of fused-ring (bicyclic) bond motifs is 8. The molecule has 0 radical (unpaired) electrons. The van der Waals surface area contributed by atoms with Gasteiger partial charge in [-0.2, -0.15) is 0 Å². The van der Waals surface area contributed by atoms with E-state index in [0.29, 0.717) is 0 Å². The summed E-state index contributed by atoms with van der Waals surface area (Å²) in [5.74, 6) is 2.47. The first kappa shape index (κ1) is 18.2. The van der Waals surface area contributed by atoms with Crippen molar-refractivity contribution in [3.63, 3.8) is 0 Å². The second-order valence-electron chi connectivity index (χ2n) is 7.92. The van der Waals surface area contributed by atoms with Gasteiger partial charge in [-0.3, -0.25) is 10.3 Å². The summed E-state index contributed by atoms with van der Waals surface area (Å²) in [4.78, 5) is 1.54. The zero-order chi connectivity index (χ0) is 19.5. The third-order valence-corrected chi connectivity index (χ3v) is 8.43. The number of thioether (sulfide) groups is 1. The Kier molecular flexibility index (Phi) is 4.39. The number of nitrogens with zero attached hydrogens (tertiary/aromatic N) is 4. The van der Waals surface area contributed by atoms with E-state index in [4.69, 9.17) is 11.6 Å². The van der Waals surface area contributed by atoms with Crippen molar-refractivity contribution in [1.82, 2.24) is 25.5 Å². The topological polar surface area (TPSA) is 58.0 Å². The number of hydrogen-bond donors (Lipinski definition) is 2. The fourth-order valence-electron chi connectivity index (χ4n) is 4.45. The molecule has 3 aromatic rings. The molecular formula is C20H21ClN6S2. The molecule has 6 nitrogen and oxygen atoms in total. The lowest BCUT2D eigenvalue weighted by Crippen LogP contribution is -2.39. The van der Waals surface area contributed by atoms with Gasteiger partial charge in [0.05, 0.1) is 6.67 Å². The highest BCUT2D eigenvalue weighted by Crippen LogP contribution is 2.48. The Hall–Kier alpha value is -1.58. The van der Waals surface area contributed by atoms with Crippen LogP contribution in [0.15, 0.2) is 29.4 Å². The number of aromatic nitrogens is 3. The van der Waals surface area contributed by atoms with E-state index in [0.717, 1.165) is 34.5 Å². The zero-order valence-electron chi connectivity index (χ0n) is 16.0. The fraction of sp³-hybridized carbons (Fsp3) is 0.400. The van der Waals surface area contributed by atoms with E-state index in [1.165, 1.54) is 40.3 Å². The van der Waals surface area contributed by atoms with Crippen molar-refractivity contribution >= 4 is 40.6 Å². The van der Waals surface area contributed by atoms with Gasteiger partial charge in [-0.05, 0) is 48.4 Å². The highest BCUT2D eigenvalue weighted by molar-refractivity contribution is 7.98. The van der Waals surface area contributed by atoms with Crippen molar-refractivity contribution in [2.45, 2.75) is 43.3 Å². The Morgan fingerprint density at radius 1 is 1.28 bits per heavy atom. The van der Waals surface area contributed by atoms with Crippen LogP contribution in [-0.2, 0) is 18.6 Å². The van der Waals surface area contributed by atoms with Crippen molar-refractivity contribution in [2.24, 2.45) is 5.92 Å². The van der Waals surface area contributed by atoms with Crippen LogP contribution in [0.5, 0.6) is 0 Å². The van der Waals surface area contributed by atoms with E-state index in [2.05, 4.69) is 49.6 Å². The second-order valence-corrected chi connectivity index (χ2v) is 10.4. The molecule has 9 heteroatoms. The monoisotopic (exact) mass is 444 g/mol. The summed E-state index contributed by atoms with van der Waals surface area (Å²) < 4.78 is 2.25. The summed E-state index contributed by atoms with van der Waals surface area (Å²) in [6.45, 7) is 3.10. The molecule has 6 rings (SSSR count). The SMILES string of the molecule is C[C@H]1CCc2c(sc3c2C2NCNN2c2nnc(SCc4ccc(Cl)cc4)n2-3)C1. The van der Waals surface area contributed by atoms with Gasteiger partial charge in [0, 0.05) is 21.2 Å². The van der Waals surface area contributed by atoms with Crippen LogP contribution in [0, 0.1) is 5.92 Å². The molecule has 2 N–H and O–H groups in total. The molecule has 3 aliphatic rings. The lowest BCUT2D eigenvalue weighted by molar-refractivity contribution is 0.499. The molecule has 2 atom stereocenters. The van der Waals surface area contributed by atoms with E-state index < -0.39 is 0 Å². The van der Waals surface area contributed by atoms with E-state index >= 15 is 0 Å². The first-order valence-electron chi connectivity index (χ1n) is 9.92. The Bertz CT molecular complexity index is 1080. The van der Waals surface area contributed by atoms with E-state index in [9.17, 15) is 0 Å². The predicted molar refractivity (Wildman–Crippen MR) is 118 cm³/mol. The van der Waals surface area contributed by atoms with Crippen LogP contribution in [0.25, 0.3) is 5.00 Å². The number of nitrogens with one attached hydrogen (secondary N) is 2. The molecule has 0 saturated carbocycles. The third kappa shape index (κ3) is 2.92. The van der Waals surface area contributed by atoms with Crippen molar-refractivity contribution in [3.8, 4) is 5.00 Å². The highest BCUT2D eigenvalue weighted by Gasteiger charge is 2.42. The molecule has 1 aliphatic carbocycles. The van der Waals surface area contributed by atoms with Gasteiger partial charge in [-0.25, -0.2) is 9.99 Å². The number of thiophene rings is 1. The third-order valence-electron chi connectivity index (χ3n) is 5.93. The number of hydrazine groups is 1. The first-order valence-corrected chi connectivity index (χ1v) is 12.1. The Morgan fingerprint density at radius 3 is 3.00 bits per heavy atom. The molecule has 1 fully saturated rings. The lowest BCUT2D eigenvalue weighted by Gasteiger charge is -2.31. The summed E-state index contributed by atoms with van der Waals surface area (Å²) >= 11 is 9.68. The van der Waals surface area contributed by atoms with Crippen LogP contribution in [0.3, 0.4) is 0 Å². The summed E-state index contributed by atoms with van der Waals surface area (Å²) in [5.41, 5.74) is 7.62. The van der Waals surface area contributed by atoms with Crippen LogP contribution >= 0.6 is 34.7 Å². The number of halogens is 1. The minimum atomic E-state index is 0.143. The molecule has 29 heavy (non-hydrogen) atoms. The van der Waals surface area contributed by atoms with Crippen LogP contribution < -0.4 is 15.8 Å². The molecule has 0 spiro atoms. The molecule has 4 heterocycles. The molecule has 1 unspecified atom stereocenters. The maximum atomic E-state index is 6.02. The summed E-state index contributed by atoms with van der Waals surface area (Å²) in [5, 5.41) is 17.8. The van der Waals surface area contributed by atoms with Gasteiger partial charge < -0.3 is 0 Å². The molecule has 2 aliphatic heterocycles. The molecular weight excluding hydrogens is 424 g/mol. The fourth-order valence-corrected chi connectivity index (χ4v) is 7.07. The zero-order valence-corrected chi connectivity index (χ0v) is 18.4. The minimum absolute atomic E-state index is 0.143. The maximum absolute atomic E-state index is 6.02.